The number of rotatable bonds is 2. The standard InChI is InChI=1S/C14H12N4O.BrH/c15-13-7-3-4-8-18(13)9-12-14(19)17-11-6-2-1-5-10(11)16-12;/h1-8,15H,9H2,(H,17,19);1H. The maximum atomic E-state index is 12.0. The predicted molar refractivity (Wildman–Crippen MR) is 72.5 cm³/mol. The van der Waals surface area contributed by atoms with Gasteiger partial charge in [-0.05, 0) is 18.2 Å². The van der Waals surface area contributed by atoms with Crippen LogP contribution in [0.2, 0.25) is 0 Å². The highest BCUT2D eigenvalue weighted by molar-refractivity contribution is 5.73. The summed E-state index contributed by atoms with van der Waals surface area (Å²) in [6.45, 7) is 0.354. The third kappa shape index (κ3) is 2.70. The van der Waals surface area contributed by atoms with Crippen LogP contribution in [-0.4, -0.2) is 9.97 Å². The van der Waals surface area contributed by atoms with Gasteiger partial charge in [0.1, 0.15) is 12.2 Å². The molecule has 0 radical (unpaired) electrons. The molecule has 0 saturated carbocycles. The zero-order chi connectivity index (χ0) is 13.2. The molecule has 5 nitrogen and oxygen atoms in total. The fourth-order valence-electron chi connectivity index (χ4n) is 1.97. The second-order valence-electron chi connectivity index (χ2n) is 4.28. The number of fused-ring (bicyclic) bond motifs is 1. The Morgan fingerprint density at radius 2 is 1.90 bits per heavy atom. The van der Waals surface area contributed by atoms with Crippen LogP contribution in [0.3, 0.4) is 0 Å². The van der Waals surface area contributed by atoms with Crippen molar-refractivity contribution in [2.45, 2.75) is 6.54 Å². The minimum atomic E-state index is -0.186. The average molecular weight is 333 g/mol. The van der Waals surface area contributed by atoms with E-state index < -0.39 is 0 Å². The molecule has 0 amide bonds. The van der Waals surface area contributed by atoms with E-state index in [2.05, 4.69) is 9.97 Å². The molecule has 3 aromatic rings. The molecule has 2 heterocycles. The lowest BCUT2D eigenvalue weighted by Gasteiger charge is -2.03. The molecule has 3 rings (SSSR count). The quantitative estimate of drug-likeness (QED) is 0.525. The van der Waals surface area contributed by atoms with Crippen LogP contribution < -0.4 is 32.8 Å². The molecular weight excluding hydrogens is 320 g/mol. The zero-order valence-corrected chi connectivity index (χ0v) is 12.2. The average Bonchev–Trinajstić information content (AvgIpc) is 2.42. The Kier molecular flexibility index (Phi) is 4.14. The lowest BCUT2D eigenvalue weighted by atomic mass is 10.3. The molecular formula is C14H13BrN4O. The molecule has 0 spiro atoms. The molecule has 3 N–H and O–H groups in total. The van der Waals surface area contributed by atoms with Crippen molar-refractivity contribution in [3.8, 4) is 0 Å². The third-order valence-electron chi connectivity index (χ3n) is 2.97. The number of para-hydroxylation sites is 2. The van der Waals surface area contributed by atoms with Crippen molar-refractivity contribution in [1.29, 1.82) is 0 Å². The van der Waals surface area contributed by atoms with Gasteiger partial charge in [-0.25, -0.2) is 9.55 Å². The van der Waals surface area contributed by atoms with E-state index >= 15 is 0 Å². The number of nitrogens with one attached hydrogen (secondary N) is 1. The van der Waals surface area contributed by atoms with Crippen LogP contribution in [0.25, 0.3) is 11.0 Å². The van der Waals surface area contributed by atoms with Crippen LogP contribution in [0.4, 0.5) is 5.82 Å². The zero-order valence-electron chi connectivity index (χ0n) is 10.6. The fraction of sp³-hybridized carbons (Fsp3) is 0.0714. The smallest absolute Gasteiger partial charge is 0.274 e. The maximum Gasteiger partial charge on any atom is 0.274 e. The Labute approximate surface area is 125 Å². The van der Waals surface area contributed by atoms with Gasteiger partial charge >= 0.3 is 0 Å². The first kappa shape index (κ1) is 14.2. The van der Waals surface area contributed by atoms with E-state index in [0.29, 0.717) is 18.1 Å². The highest BCUT2D eigenvalue weighted by atomic mass is 79.9. The first-order valence-electron chi connectivity index (χ1n) is 5.96. The van der Waals surface area contributed by atoms with Crippen molar-refractivity contribution in [1.82, 2.24) is 9.97 Å². The van der Waals surface area contributed by atoms with Gasteiger partial charge < -0.3 is 22.0 Å². The van der Waals surface area contributed by atoms with Crippen molar-refractivity contribution < 1.29 is 21.5 Å². The molecule has 0 saturated heterocycles. The predicted octanol–water partition coefficient (Wildman–Crippen LogP) is -2.15. The van der Waals surface area contributed by atoms with Gasteiger partial charge in [0.15, 0.2) is 0 Å². The second-order valence-corrected chi connectivity index (χ2v) is 4.28. The third-order valence-corrected chi connectivity index (χ3v) is 2.97. The maximum absolute atomic E-state index is 12.0. The van der Waals surface area contributed by atoms with Crippen molar-refractivity contribution in [3.05, 3.63) is 64.7 Å². The topological polar surface area (TPSA) is 75.7 Å². The lowest BCUT2D eigenvalue weighted by Crippen LogP contribution is -3.00. The number of benzene rings is 1. The number of hydrogen-bond acceptors (Lipinski definition) is 3. The van der Waals surface area contributed by atoms with Gasteiger partial charge in [-0.1, -0.05) is 18.2 Å². The van der Waals surface area contributed by atoms with Crippen LogP contribution >= 0.6 is 0 Å². The van der Waals surface area contributed by atoms with E-state index in [1.165, 1.54) is 0 Å². The highest BCUT2D eigenvalue weighted by Gasteiger charge is 2.10. The van der Waals surface area contributed by atoms with Crippen LogP contribution in [0.15, 0.2) is 53.5 Å². The number of anilines is 1. The number of H-pyrrole nitrogens is 1. The van der Waals surface area contributed by atoms with Crippen LogP contribution in [0.5, 0.6) is 0 Å². The number of hydrogen-bond donors (Lipinski definition) is 2. The Morgan fingerprint density at radius 3 is 2.70 bits per heavy atom. The number of nitrogens with zero attached hydrogens (tertiary/aromatic N) is 2. The summed E-state index contributed by atoms with van der Waals surface area (Å²) in [4.78, 5) is 19.2. The molecule has 0 aliphatic heterocycles. The summed E-state index contributed by atoms with van der Waals surface area (Å²) in [5, 5.41) is 0. The number of nitrogen functional groups attached to an aromatic ring is 1. The lowest BCUT2D eigenvalue weighted by molar-refractivity contribution is -0.674. The molecule has 0 bridgehead atoms. The Balaban J connectivity index is 0.00000147. The van der Waals surface area contributed by atoms with Gasteiger partial charge in [0.25, 0.3) is 11.4 Å². The summed E-state index contributed by atoms with van der Waals surface area (Å²) < 4.78 is 1.78. The Bertz CT molecular complexity index is 800. The summed E-state index contributed by atoms with van der Waals surface area (Å²) in [7, 11) is 0. The molecule has 2 aromatic heterocycles. The number of aromatic nitrogens is 3. The van der Waals surface area contributed by atoms with Gasteiger partial charge in [-0.2, -0.15) is 0 Å². The SMILES string of the molecule is Nc1cccc[n+]1Cc1nc2ccccc2[nH]c1=O.[Br-]. The number of nitrogens with two attached hydrogens (primary N) is 1. The fourth-order valence-corrected chi connectivity index (χ4v) is 1.97. The number of aromatic amines is 1. The van der Waals surface area contributed by atoms with Crippen LogP contribution in [0, 0.1) is 0 Å². The molecule has 0 fully saturated rings. The van der Waals surface area contributed by atoms with E-state index in [0.717, 1.165) is 11.0 Å². The van der Waals surface area contributed by atoms with E-state index in [-0.39, 0.29) is 22.5 Å². The first-order chi connectivity index (χ1) is 9.24. The molecule has 6 heteroatoms. The van der Waals surface area contributed by atoms with Gasteiger partial charge in [-0.3, -0.25) is 10.5 Å². The first-order valence-corrected chi connectivity index (χ1v) is 5.96. The summed E-state index contributed by atoms with van der Waals surface area (Å²) in [5.41, 5.74) is 7.62. The largest absolute Gasteiger partial charge is 1.00 e. The minimum absolute atomic E-state index is 0. The summed E-state index contributed by atoms with van der Waals surface area (Å²) >= 11 is 0. The second kappa shape index (κ2) is 5.83. The van der Waals surface area contributed by atoms with Crippen LogP contribution in [0.1, 0.15) is 5.69 Å². The van der Waals surface area contributed by atoms with Gasteiger partial charge in [0.2, 0.25) is 0 Å². The van der Waals surface area contributed by atoms with Crippen molar-refractivity contribution in [2.75, 3.05) is 5.73 Å². The molecule has 1 aromatic carbocycles. The molecule has 20 heavy (non-hydrogen) atoms. The van der Waals surface area contributed by atoms with Gasteiger partial charge in [0, 0.05) is 6.07 Å². The Hall–Kier alpha value is -2.21. The van der Waals surface area contributed by atoms with Crippen molar-refractivity contribution in [2.24, 2.45) is 0 Å². The van der Waals surface area contributed by atoms with E-state index in [1.807, 2.05) is 42.6 Å². The van der Waals surface area contributed by atoms with Gasteiger partial charge in [-0.15, -0.1) is 0 Å². The molecule has 0 aliphatic rings. The number of halogens is 1. The van der Waals surface area contributed by atoms with Crippen molar-refractivity contribution >= 4 is 16.9 Å². The van der Waals surface area contributed by atoms with Gasteiger partial charge in [0.05, 0.1) is 17.2 Å². The normalized spacial score (nSPS) is 10.2. The van der Waals surface area contributed by atoms with Crippen LogP contribution in [-0.2, 0) is 6.54 Å². The number of pyridine rings is 1. The minimum Gasteiger partial charge on any atom is -1.00 e. The highest BCUT2D eigenvalue weighted by Crippen LogP contribution is 2.05. The van der Waals surface area contributed by atoms with E-state index in [1.54, 1.807) is 10.6 Å². The van der Waals surface area contributed by atoms with E-state index in [4.69, 9.17) is 5.73 Å². The Morgan fingerprint density at radius 1 is 1.15 bits per heavy atom. The molecule has 0 atom stereocenters. The molecule has 0 aliphatic carbocycles. The summed E-state index contributed by atoms with van der Waals surface area (Å²) in [5.74, 6) is 0.594. The summed E-state index contributed by atoms with van der Waals surface area (Å²) in [6.07, 6.45) is 1.83. The molecule has 0 unspecified atom stereocenters. The van der Waals surface area contributed by atoms with Crippen molar-refractivity contribution in [3.63, 3.8) is 0 Å². The van der Waals surface area contributed by atoms with E-state index in [9.17, 15) is 4.79 Å². The molecule has 102 valence electrons. The monoisotopic (exact) mass is 332 g/mol. The summed E-state index contributed by atoms with van der Waals surface area (Å²) in [6, 6.07) is 13.0.